The second kappa shape index (κ2) is 7.36. The van der Waals surface area contributed by atoms with Crippen LogP contribution in [0.5, 0.6) is 0 Å². The molecule has 2 N–H and O–H groups in total. The summed E-state index contributed by atoms with van der Waals surface area (Å²) in [5, 5.41) is 14.6. The smallest absolute Gasteiger partial charge is 0.315 e. The Kier molecular flexibility index (Phi) is 6.12. The van der Waals surface area contributed by atoms with Gasteiger partial charge in [-0.25, -0.2) is 0 Å². The molecule has 1 rings (SSSR count). The predicted molar refractivity (Wildman–Crippen MR) is 73.5 cm³/mol. The summed E-state index contributed by atoms with van der Waals surface area (Å²) in [5.41, 5.74) is 0. The normalized spacial score (nSPS) is 14.8. The largest absolute Gasteiger partial charge is 0.406 e. The highest BCUT2D eigenvalue weighted by Crippen LogP contribution is 2.15. The van der Waals surface area contributed by atoms with Gasteiger partial charge in [-0.3, -0.25) is 0 Å². The molecule has 1 aromatic heterocycles. The summed E-state index contributed by atoms with van der Waals surface area (Å²) in [5.74, 6) is 1.36. The maximum absolute atomic E-state index is 5.58. The van der Waals surface area contributed by atoms with Crippen molar-refractivity contribution in [3.63, 3.8) is 0 Å². The zero-order valence-electron chi connectivity index (χ0n) is 12.2. The lowest BCUT2D eigenvalue weighted by atomic mass is 10.0. The molecule has 1 aromatic rings. The topological polar surface area (TPSA) is 63.0 Å². The van der Waals surface area contributed by atoms with Crippen molar-refractivity contribution < 1.29 is 4.42 Å². The Labute approximate surface area is 110 Å². The van der Waals surface area contributed by atoms with Gasteiger partial charge in [0.25, 0.3) is 0 Å². The van der Waals surface area contributed by atoms with E-state index in [4.69, 9.17) is 4.42 Å². The number of aromatic nitrogens is 2. The third-order valence-corrected chi connectivity index (χ3v) is 2.87. The summed E-state index contributed by atoms with van der Waals surface area (Å²) in [6, 6.07) is 0.977. The van der Waals surface area contributed by atoms with Crippen LogP contribution in [0.15, 0.2) is 4.42 Å². The summed E-state index contributed by atoms with van der Waals surface area (Å²) in [7, 11) is 0. The first-order chi connectivity index (χ1) is 8.52. The molecule has 18 heavy (non-hydrogen) atoms. The zero-order valence-corrected chi connectivity index (χ0v) is 12.2. The van der Waals surface area contributed by atoms with Crippen molar-refractivity contribution in [2.75, 3.05) is 11.9 Å². The number of nitrogens with one attached hydrogen (secondary N) is 2. The summed E-state index contributed by atoms with van der Waals surface area (Å²) in [6.07, 6.45) is 2.31. The Hall–Kier alpha value is -1.10. The van der Waals surface area contributed by atoms with E-state index in [0.717, 1.165) is 18.9 Å². The molecule has 104 valence electrons. The van der Waals surface area contributed by atoms with Crippen molar-refractivity contribution in [2.24, 2.45) is 5.92 Å². The standard InChI is InChI=1S/C13H26N4O/c1-6-14-11(5)12-16-17-13(18-12)15-10(4)8-7-9(2)3/h9-11,14H,6-8H2,1-5H3,(H,15,17). The molecule has 5 nitrogen and oxygen atoms in total. The van der Waals surface area contributed by atoms with Gasteiger partial charge in [0.2, 0.25) is 5.89 Å². The lowest BCUT2D eigenvalue weighted by molar-refractivity contribution is 0.424. The van der Waals surface area contributed by atoms with Crippen LogP contribution >= 0.6 is 0 Å². The van der Waals surface area contributed by atoms with E-state index in [2.05, 4.69) is 48.5 Å². The van der Waals surface area contributed by atoms with Gasteiger partial charge < -0.3 is 15.1 Å². The SMILES string of the molecule is CCNC(C)c1nnc(NC(C)CCC(C)C)o1. The van der Waals surface area contributed by atoms with Crippen molar-refractivity contribution in [3.8, 4) is 0 Å². The fourth-order valence-corrected chi connectivity index (χ4v) is 1.73. The van der Waals surface area contributed by atoms with Crippen LogP contribution in [0.3, 0.4) is 0 Å². The third-order valence-electron chi connectivity index (χ3n) is 2.87. The Morgan fingerprint density at radius 2 is 1.83 bits per heavy atom. The van der Waals surface area contributed by atoms with Crippen molar-refractivity contribution in [1.29, 1.82) is 0 Å². The molecule has 0 spiro atoms. The monoisotopic (exact) mass is 254 g/mol. The zero-order chi connectivity index (χ0) is 13.5. The Morgan fingerprint density at radius 1 is 1.11 bits per heavy atom. The summed E-state index contributed by atoms with van der Waals surface area (Å²) in [4.78, 5) is 0. The minimum Gasteiger partial charge on any atom is -0.406 e. The van der Waals surface area contributed by atoms with E-state index in [1.165, 1.54) is 6.42 Å². The van der Waals surface area contributed by atoms with Crippen LogP contribution in [0, 0.1) is 5.92 Å². The maximum atomic E-state index is 5.58. The van der Waals surface area contributed by atoms with Crippen LogP contribution in [0.2, 0.25) is 0 Å². The molecule has 0 aliphatic rings. The molecule has 2 atom stereocenters. The van der Waals surface area contributed by atoms with E-state index in [1.807, 2.05) is 6.92 Å². The number of nitrogens with zero attached hydrogens (tertiary/aromatic N) is 2. The third kappa shape index (κ3) is 5.04. The van der Waals surface area contributed by atoms with Crippen molar-refractivity contribution in [3.05, 3.63) is 5.89 Å². The second-order valence-electron chi connectivity index (χ2n) is 5.24. The number of anilines is 1. The first kappa shape index (κ1) is 15.0. The van der Waals surface area contributed by atoms with Crippen LogP contribution in [-0.4, -0.2) is 22.8 Å². The molecule has 5 heteroatoms. The van der Waals surface area contributed by atoms with Crippen LogP contribution < -0.4 is 10.6 Å². The molecule has 0 saturated carbocycles. The highest BCUT2D eigenvalue weighted by molar-refractivity contribution is 5.19. The molecular formula is C13H26N4O. The molecule has 2 unspecified atom stereocenters. The predicted octanol–water partition coefficient (Wildman–Crippen LogP) is 2.98. The van der Waals surface area contributed by atoms with E-state index in [9.17, 15) is 0 Å². The van der Waals surface area contributed by atoms with Crippen LogP contribution in [0.4, 0.5) is 6.01 Å². The molecule has 0 radical (unpaired) electrons. The average molecular weight is 254 g/mol. The summed E-state index contributed by atoms with van der Waals surface area (Å²) in [6.45, 7) is 11.6. The van der Waals surface area contributed by atoms with Crippen LogP contribution in [-0.2, 0) is 0 Å². The first-order valence-electron chi connectivity index (χ1n) is 6.86. The van der Waals surface area contributed by atoms with Gasteiger partial charge in [-0.15, -0.1) is 5.10 Å². The number of rotatable bonds is 8. The number of hydrogen-bond acceptors (Lipinski definition) is 5. The summed E-state index contributed by atoms with van der Waals surface area (Å²) >= 11 is 0. The van der Waals surface area contributed by atoms with Gasteiger partial charge in [0.1, 0.15) is 0 Å². The fraction of sp³-hybridized carbons (Fsp3) is 0.846. The van der Waals surface area contributed by atoms with Gasteiger partial charge in [-0.05, 0) is 39.2 Å². The lowest BCUT2D eigenvalue weighted by Gasteiger charge is -2.13. The molecule has 0 saturated heterocycles. The van der Waals surface area contributed by atoms with Crippen LogP contribution in [0.25, 0.3) is 0 Å². The van der Waals surface area contributed by atoms with E-state index < -0.39 is 0 Å². The van der Waals surface area contributed by atoms with Gasteiger partial charge in [0.05, 0.1) is 6.04 Å². The van der Waals surface area contributed by atoms with Crippen molar-refractivity contribution in [2.45, 2.75) is 59.5 Å². The van der Waals surface area contributed by atoms with Gasteiger partial charge in [0.15, 0.2) is 0 Å². The van der Waals surface area contributed by atoms with Crippen molar-refractivity contribution in [1.82, 2.24) is 15.5 Å². The molecule has 0 bridgehead atoms. The average Bonchev–Trinajstić information content (AvgIpc) is 2.75. The molecule has 1 heterocycles. The molecule has 0 amide bonds. The fourth-order valence-electron chi connectivity index (χ4n) is 1.73. The Morgan fingerprint density at radius 3 is 2.44 bits per heavy atom. The van der Waals surface area contributed by atoms with Crippen molar-refractivity contribution >= 4 is 6.01 Å². The van der Waals surface area contributed by atoms with Gasteiger partial charge in [0, 0.05) is 6.04 Å². The molecule has 0 aromatic carbocycles. The minimum atomic E-state index is 0.101. The quantitative estimate of drug-likeness (QED) is 0.746. The Bertz CT molecular complexity index is 337. The van der Waals surface area contributed by atoms with E-state index in [0.29, 0.717) is 17.9 Å². The van der Waals surface area contributed by atoms with Gasteiger partial charge >= 0.3 is 6.01 Å². The van der Waals surface area contributed by atoms with E-state index in [1.54, 1.807) is 0 Å². The first-order valence-corrected chi connectivity index (χ1v) is 6.86. The van der Waals surface area contributed by atoms with Gasteiger partial charge in [-0.2, -0.15) is 0 Å². The molecule has 0 aliphatic carbocycles. The molecule has 0 fully saturated rings. The van der Waals surface area contributed by atoms with E-state index >= 15 is 0 Å². The highest BCUT2D eigenvalue weighted by atomic mass is 16.4. The lowest BCUT2D eigenvalue weighted by Crippen LogP contribution is -2.18. The minimum absolute atomic E-state index is 0.101. The Balaban J connectivity index is 2.43. The van der Waals surface area contributed by atoms with Crippen LogP contribution in [0.1, 0.15) is 59.4 Å². The number of hydrogen-bond donors (Lipinski definition) is 2. The highest BCUT2D eigenvalue weighted by Gasteiger charge is 2.14. The second-order valence-corrected chi connectivity index (χ2v) is 5.24. The van der Waals surface area contributed by atoms with Gasteiger partial charge in [-0.1, -0.05) is 25.9 Å². The maximum Gasteiger partial charge on any atom is 0.315 e. The molecule has 0 aliphatic heterocycles. The summed E-state index contributed by atoms with van der Waals surface area (Å²) < 4.78 is 5.58. The van der Waals surface area contributed by atoms with E-state index in [-0.39, 0.29) is 6.04 Å². The molecular weight excluding hydrogens is 228 g/mol.